The lowest BCUT2D eigenvalue weighted by Crippen LogP contribution is -2.47. The highest BCUT2D eigenvalue weighted by molar-refractivity contribution is 5.96. The van der Waals surface area contributed by atoms with Crippen LogP contribution in [0, 0.1) is 0 Å². The van der Waals surface area contributed by atoms with Gasteiger partial charge in [-0.2, -0.15) is 26.3 Å². The number of nitrogens with zero attached hydrogens (tertiary/aromatic N) is 1. The molecule has 0 radical (unpaired) electrons. The third-order valence-electron chi connectivity index (χ3n) is 7.56. The predicted octanol–water partition coefficient (Wildman–Crippen LogP) is 3.45. The van der Waals surface area contributed by atoms with Crippen LogP contribution < -0.4 is 10.6 Å². The Hall–Kier alpha value is -3.16. The number of likely N-dealkylation sites (tertiary alicyclic amines) is 1. The number of β-amino-alcohol motifs (C(OH)–C–C–N with tert-alkyl or cyclic N) is 1. The summed E-state index contributed by atoms with van der Waals surface area (Å²) < 4.78 is 79.1. The summed E-state index contributed by atoms with van der Waals surface area (Å²) in [4.78, 5) is 26.5. The Morgan fingerprint density at radius 2 is 1.62 bits per heavy atom. The van der Waals surface area contributed by atoms with Crippen LogP contribution in [0.1, 0.15) is 52.7 Å². The lowest BCUT2D eigenvalue weighted by Gasteiger charge is -2.40. The van der Waals surface area contributed by atoms with Gasteiger partial charge in [0, 0.05) is 24.7 Å². The van der Waals surface area contributed by atoms with Crippen molar-refractivity contribution in [1.82, 2.24) is 15.5 Å². The number of alkyl halides is 6. The molecule has 218 valence electrons. The normalized spacial score (nSPS) is 25.9. The van der Waals surface area contributed by atoms with Gasteiger partial charge < -0.3 is 20.8 Å². The van der Waals surface area contributed by atoms with Crippen LogP contribution in [0.4, 0.5) is 26.3 Å². The van der Waals surface area contributed by atoms with E-state index in [1.165, 1.54) is 24.3 Å². The van der Waals surface area contributed by atoms with Gasteiger partial charge in [0.25, 0.3) is 5.91 Å². The molecule has 1 saturated heterocycles. The number of benzene rings is 2. The molecule has 2 amide bonds. The molecule has 0 aromatic heterocycles. The van der Waals surface area contributed by atoms with Crippen molar-refractivity contribution in [2.45, 2.75) is 61.8 Å². The van der Waals surface area contributed by atoms with Crippen molar-refractivity contribution in [3.8, 4) is 0 Å². The van der Waals surface area contributed by atoms with Gasteiger partial charge in [0.05, 0.1) is 35.4 Å². The molecule has 7 nitrogen and oxygen atoms in total. The number of amides is 2. The summed E-state index contributed by atoms with van der Waals surface area (Å²) in [5.41, 5.74) is -3.91. The number of aliphatic hydroxyl groups is 2. The molecular weight excluding hydrogens is 544 g/mol. The molecule has 40 heavy (non-hydrogen) atoms. The van der Waals surface area contributed by atoms with Gasteiger partial charge in [0.15, 0.2) is 0 Å². The summed E-state index contributed by atoms with van der Waals surface area (Å²) in [6, 6.07) is 7.94. The number of nitrogens with one attached hydrogen (secondary N) is 2. The molecule has 2 aliphatic rings. The van der Waals surface area contributed by atoms with Crippen LogP contribution in [0.5, 0.6) is 0 Å². The Kier molecular flexibility index (Phi) is 8.48. The second-order valence-corrected chi connectivity index (χ2v) is 10.3. The van der Waals surface area contributed by atoms with Crippen LogP contribution in [-0.2, 0) is 22.7 Å². The molecule has 1 heterocycles. The lowest BCUT2D eigenvalue weighted by molar-refractivity contribution is -0.142. The van der Waals surface area contributed by atoms with Gasteiger partial charge in [0.2, 0.25) is 5.91 Å². The summed E-state index contributed by atoms with van der Waals surface area (Å²) in [6.07, 6.45) is -9.23. The van der Waals surface area contributed by atoms with Crippen molar-refractivity contribution in [2.75, 3.05) is 19.6 Å². The smallest absolute Gasteiger partial charge is 0.390 e. The van der Waals surface area contributed by atoms with Crippen molar-refractivity contribution in [3.05, 3.63) is 70.8 Å². The quantitative estimate of drug-likeness (QED) is 0.397. The number of carbonyl (C=O) groups excluding carboxylic acids is 2. The first kappa shape index (κ1) is 29.8. The largest absolute Gasteiger partial charge is 0.416 e. The van der Waals surface area contributed by atoms with Crippen LogP contribution in [0.15, 0.2) is 48.5 Å². The topological polar surface area (TPSA) is 102 Å². The summed E-state index contributed by atoms with van der Waals surface area (Å²) in [5, 5.41) is 26.4. The maximum absolute atomic E-state index is 13.5. The molecule has 0 spiro atoms. The van der Waals surface area contributed by atoms with Gasteiger partial charge in [-0.3, -0.25) is 14.5 Å². The summed E-state index contributed by atoms with van der Waals surface area (Å²) in [7, 11) is 0. The molecular formula is C27H29F6N3O4. The number of carbonyl (C=O) groups is 2. The molecule has 0 unspecified atom stereocenters. The minimum absolute atomic E-state index is 0.0932. The fourth-order valence-electron chi connectivity index (χ4n) is 5.46. The average Bonchev–Trinajstić information content (AvgIpc) is 3.26. The van der Waals surface area contributed by atoms with E-state index in [1.54, 1.807) is 0 Å². The van der Waals surface area contributed by atoms with Crippen LogP contribution >= 0.6 is 0 Å². The third kappa shape index (κ3) is 6.76. The van der Waals surface area contributed by atoms with E-state index in [1.807, 2.05) is 4.90 Å². The van der Waals surface area contributed by atoms with Crippen molar-refractivity contribution >= 4 is 11.8 Å². The first-order valence-corrected chi connectivity index (χ1v) is 12.7. The fraction of sp³-hybridized carbons (Fsp3) is 0.481. The Morgan fingerprint density at radius 1 is 0.950 bits per heavy atom. The van der Waals surface area contributed by atoms with E-state index in [4.69, 9.17) is 0 Å². The van der Waals surface area contributed by atoms with Gasteiger partial charge in [0.1, 0.15) is 0 Å². The number of aliphatic hydroxyl groups excluding tert-OH is 1. The highest BCUT2D eigenvalue weighted by Gasteiger charge is 2.45. The van der Waals surface area contributed by atoms with Crippen molar-refractivity contribution in [1.29, 1.82) is 0 Å². The maximum atomic E-state index is 13.5. The highest BCUT2D eigenvalue weighted by atomic mass is 19.4. The fourth-order valence-corrected chi connectivity index (χ4v) is 5.46. The highest BCUT2D eigenvalue weighted by Crippen LogP contribution is 2.44. The van der Waals surface area contributed by atoms with Gasteiger partial charge in [-0.15, -0.1) is 0 Å². The number of halogens is 6. The van der Waals surface area contributed by atoms with Gasteiger partial charge >= 0.3 is 12.4 Å². The van der Waals surface area contributed by atoms with Crippen LogP contribution in [-0.4, -0.2) is 64.7 Å². The number of hydrogen-bond donors (Lipinski definition) is 4. The van der Waals surface area contributed by atoms with Crippen LogP contribution in [0.2, 0.25) is 0 Å². The molecule has 1 aliphatic carbocycles. The van der Waals surface area contributed by atoms with Crippen molar-refractivity contribution in [3.63, 3.8) is 0 Å². The van der Waals surface area contributed by atoms with E-state index >= 15 is 0 Å². The molecule has 4 rings (SSSR count). The Bertz CT molecular complexity index is 1230. The molecule has 2 aromatic carbocycles. The monoisotopic (exact) mass is 573 g/mol. The molecule has 1 saturated carbocycles. The van der Waals surface area contributed by atoms with E-state index < -0.39 is 59.6 Å². The minimum Gasteiger partial charge on any atom is -0.390 e. The van der Waals surface area contributed by atoms with Gasteiger partial charge in [-0.05, 0) is 55.5 Å². The second-order valence-electron chi connectivity index (χ2n) is 10.3. The van der Waals surface area contributed by atoms with E-state index in [-0.39, 0.29) is 43.1 Å². The molecule has 1 aliphatic heterocycles. The minimum atomic E-state index is -4.62. The zero-order valence-electron chi connectivity index (χ0n) is 21.2. The van der Waals surface area contributed by atoms with Crippen LogP contribution in [0.3, 0.4) is 0 Å². The van der Waals surface area contributed by atoms with E-state index in [0.717, 1.165) is 18.2 Å². The van der Waals surface area contributed by atoms with Gasteiger partial charge in [-0.25, -0.2) is 0 Å². The summed E-state index contributed by atoms with van der Waals surface area (Å²) in [5.74, 6) is -1.51. The molecule has 13 heteroatoms. The standard InChI is InChI=1S/C27H29F6N3O4/c28-26(29,30)17-5-3-4-16(12-17)24(39)34-13-23(38)35-21-14-36(15-22(21)37)18-8-10-25(40,11-9-18)19-6-1-2-7-20(19)27(31,32)33/h1-7,12,18,21-22,37,40H,8-11,13-15H2,(H,34,39)(H,35,38)/t18?,21-,22-,25?/m0/s1. The van der Waals surface area contributed by atoms with Crippen LogP contribution in [0.25, 0.3) is 0 Å². The molecule has 2 fully saturated rings. The lowest BCUT2D eigenvalue weighted by atomic mass is 9.75. The van der Waals surface area contributed by atoms with E-state index in [9.17, 15) is 46.1 Å². The van der Waals surface area contributed by atoms with Gasteiger partial charge in [-0.1, -0.05) is 24.3 Å². The number of rotatable bonds is 6. The van der Waals surface area contributed by atoms with E-state index in [2.05, 4.69) is 10.6 Å². The molecule has 0 bridgehead atoms. The van der Waals surface area contributed by atoms with Crippen molar-refractivity contribution in [2.24, 2.45) is 0 Å². The Balaban J connectivity index is 1.28. The first-order valence-electron chi connectivity index (χ1n) is 12.7. The zero-order valence-corrected chi connectivity index (χ0v) is 21.2. The molecule has 4 N–H and O–H groups in total. The van der Waals surface area contributed by atoms with Crippen molar-refractivity contribution < 1.29 is 46.1 Å². The van der Waals surface area contributed by atoms with E-state index in [0.29, 0.717) is 18.9 Å². The third-order valence-corrected chi connectivity index (χ3v) is 7.56. The average molecular weight is 574 g/mol. The Labute approximate surface area is 226 Å². The predicted molar refractivity (Wildman–Crippen MR) is 131 cm³/mol. The summed E-state index contributed by atoms with van der Waals surface area (Å²) >= 11 is 0. The SMILES string of the molecule is O=C(CNC(=O)c1cccc(C(F)(F)F)c1)N[C@H]1CN(C2CCC(O)(c3ccccc3C(F)(F)F)CC2)C[C@@H]1O. The summed E-state index contributed by atoms with van der Waals surface area (Å²) in [6.45, 7) is -0.0755. The maximum Gasteiger partial charge on any atom is 0.416 e. The Morgan fingerprint density at radius 3 is 2.27 bits per heavy atom. The number of hydrogen-bond acceptors (Lipinski definition) is 5. The zero-order chi connectivity index (χ0) is 29.3. The second kappa shape index (κ2) is 11.4. The first-order chi connectivity index (χ1) is 18.7. The molecule has 2 aromatic rings. The molecule has 2 atom stereocenters.